The predicted octanol–water partition coefficient (Wildman–Crippen LogP) is 2.69. The van der Waals surface area contributed by atoms with Gasteiger partial charge in [-0.25, -0.2) is 10.8 Å². The molecule has 0 saturated heterocycles. The fourth-order valence-electron chi connectivity index (χ4n) is 2.18. The number of fused-ring (bicyclic) bond motifs is 1. The Morgan fingerprint density at radius 3 is 2.74 bits per heavy atom. The first kappa shape index (κ1) is 13.2. The Morgan fingerprint density at radius 1 is 1.42 bits per heavy atom. The number of nitro benzene ring substituents is 1. The maximum atomic E-state index is 10.9. The van der Waals surface area contributed by atoms with E-state index in [-0.39, 0.29) is 10.6 Å². The number of nitro groups is 1. The number of pyridine rings is 1. The van der Waals surface area contributed by atoms with Crippen molar-refractivity contribution in [3.8, 4) is 0 Å². The minimum atomic E-state index is -0.388. The topological polar surface area (TPSA) is 94.1 Å². The fourth-order valence-corrected chi connectivity index (χ4v) is 2.18. The number of anilines is 1. The zero-order chi connectivity index (χ0) is 14.0. The van der Waals surface area contributed by atoms with Gasteiger partial charge >= 0.3 is 0 Å². The first-order valence-corrected chi connectivity index (χ1v) is 6.12. The van der Waals surface area contributed by atoms with Gasteiger partial charge in [0.05, 0.1) is 10.4 Å². The van der Waals surface area contributed by atoms with Gasteiger partial charge < -0.3 is 5.43 Å². The summed E-state index contributed by atoms with van der Waals surface area (Å²) in [6, 6.07) is 4.99. The Kier molecular flexibility index (Phi) is 3.62. The highest BCUT2D eigenvalue weighted by Gasteiger charge is 2.13. The fraction of sp³-hybridized carbons (Fsp3) is 0.308. The van der Waals surface area contributed by atoms with Gasteiger partial charge in [-0.3, -0.25) is 10.1 Å². The Morgan fingerprint density at radius 2 is 2.16 bits per heavy atom. The number of aromatic nitrogens is 1. The summed E-state index contributed by atoms with van der Waals surface area (Å²) < 4.78 is 0. The van der Waals surface area contributed by atoms with E-state index in [1.165, 1.54) is 6.07 Å². The van der Waals surface area contributed by atoms with Gasteiger partial charge in [0, 0.05) is 17.5 Å². The minimum Gasteiger partial charge on any atom is -0.308 e. The molecular weight excluding hydrogens is 244 g/mol. The van der Waals surface area contributed by atoms with Crippen LogP contribution in [-0.2, 0) is 6.42 Å². The summed E-state index contributed by atoms with van der Waals surface area (Å²) in [5.74, 6) is 6.11. The highest BCUT2D eigenvalue weighted by molar-refractivity contribution is 5.86. The number of nitrogens with one attached hydrogen (secondary N) is 1. The van der Waals surface area contributed by atoms with Crippen LogP contribution < -0.4 is 11.3 Å². The van der Waals surface area contributed by atoms with Crippen LogP contribution in [0.3, 0.4) is 0 Å². The molecule has 0 aliphatic rings. The van der Waals surface area contributed by atoms with Crippen molar-refractivity contribution in [3.05, 3.63) is 39.4 Å². The summed E-state index contributed by atoms with van der Waals surface area (Å²) in [4.78, 5) is 14.9. The molecule has 0 aliphatic heterocycles. The Bertz CT molecular complexity index is 640. The predicted molar refractivity (Wildman–Crippen MR) is 74.9 cm³/mol. The van der Waals surface area contributed by atoms with E-state index < -0.39 is 0 Å². The molecule has 6 nitrogen and oxygen atoms in total. The van der Waals surface area contributed by atoms with Crippen LogP contribution in [0.1, 0.15) is 24.5 Å². The van der Waals surface area contributed by atoms with E-state index >= 15 is 0 Å². The first-order chi connectivity index (χ1) is 9.06. The molecule has 1 aromatic carbocycles. The molecule has 0 bridgehead atoms. The second-order valence-electron chi connectivity index (χ2n) is 4.48. The SMILES string of the molecule is CCCc1cc2cc([N+](=O)[O-])cc(C)c2nc1NN. The molecule has 1 heterocycles. The molecule has 0 unspecified atom stereocenters. The highest BCUT2D eigenvalue weighted by atomic mass is 16.6. The van der Waals surface area contributed by atoms with E-state index in [0.29, 0.717) is 5.82 Å². The van der Waals surface area contributed by atoms with Crippen molar-refractivity contribution in [1.29, 1.82) is 0 Å². The van der Waals surface area contributed by atoms with Crippen LogP contribution in [0.25, 0.3) is 10.9 Å². The second-order valence-corrected chi connectivity index (χ2v) is 4.48. The molecular formula is C13H16N4O2. The Labute approximate surface area is 110 Å². The molecule has 0 saturated carbocycles. The van der Waals surface area contributed by atoms with Gasteiger partial charge in [0.1, 0.15) is 5.82 Å². The third kappa shape index (κ3) is 2.48. The van der Waals surface area contributed by atoms with Crippen molar-refractivity contribution >= 4 is 22.4 Å². The number of non-ortho nitro benzene ring substituents is 1. The molecule has 19 heavy (non-hydrogen) atoms. The van der Waals surface area contributed by atoms with E-state index in [9.17, 15) is 10.1 Å². The second kappa shape index (κ2) is 5.19. The van der Waals surface area contributed by atoms with Gasteiger partial charge in [-0.15, -0.1) is 0 Å². The van der Waals surface area contributed by atoms with Crippen LogP contribution in [0, 0.1) is 17.0 Å². The average molecular weight is 260 g/mol. The summed E-state index contributed by atoms with van der Waals surface area (Å²) in [5.41, 5.74) is 5.15. The number of hydrogen-bond acceptors (Lipinski definition) is 5. The summed E-state index contributed by atoms with van der Waals surface area (Å²) in [6.45, 7) is 3.87. The van der Waals surface area contributed by atoms with Gasteiger partial charge in [0.25, 0.3) is 5.69 Å². The number of aryl methyl sites for hydroxylation is 2. The molecule has 0 aliphatic carbocycles. The number of hydrazine groups is 1. The largest absolute Gasteiger partial charge is 0.308 e. The van der Waals surface area contributed by atoms with Crippen LogP contribution in [-0.4, -0.2) is 9.91 Å². The first-order valence-electron chi connectivity index (χ1n) is 6.12. The number of hydrogen-bond donors (Lipinski definition) is 2. The van der Waals surface area contributed by atoms with Crippen LogP contribution in [0.5, 0.6) is 0 Å². The maximum absolute atomic E-state index is 10.9. The lowest BCUT2D eigenvalue weighted by atomic mass is 10.0. The molecule has 100 valence electrons. The smallest absolute Gasteiger partial charge is 0.270 e. The summed E-state index contributed by atoms with van der Waals surface area (Å²) >= 11 is 0. The van der Waals surface area contributed by atoms with Gasteiger partial charge in [-0.1, -0.05) is 13.3 Å². The van der Waals surface area contributed by atoms with Crippen LogP contribution in [0.2, 0.25) is 0 Å². The summed E-state index contributed by atoms with van der Waals surface area (Å²) in [7, 11) is 0. The van der Waals surface area contributed by atoms with E-state index in [0.717, 1.165) is 34.9 Å². The highest BCUT2D eigenvalue weighted by Crippen LogP contribution is 2.27. The molecule has 0 spiro atoms. The van der Waals surface area contributed by atoms with Gasteiger partial charge in [-0.2, -0.15) is 0 Å². The number of benzene rings is 1. The van der Waals surface area contributed by atoms with Gasteiger partial charge in [0.2, 0.25) is 0 Å². The third-order valence-electron chi connectivity index (χ3n) is 3.04. The van der Waals surface area contributed by atoms with E-state index in [4.69, 9.17) is 5.84 Å². The number of nitrogens with zero attached hydrogens (tertiary/aromatic N) is 2. The van der Waals surface area contributed by atoms with Crippen molar-refractivity contribution in [3.63, 3.8) is 0 Å². The standard InChI is InChI=1S/C13H16N4O2/c1-3-4-9-6-10-7-11(17(18)19)5-8(2)12(10)15-13(9)16-14/h5-7H,3-4,14H2,1-2H3,(H,15,16). The van der Waals surface area contributed by atoms with Crippen LogP contribution in [0.15, 0.2) is 18.2 Å². The normalized spacial score (nSPS) is 10.7. The molecule has 3 N–H and O–H groups in total. The molecule has 1 aromatic heterocycles. The minimum absolute atomic E-state index is 0.0858. The van der Waals surface area contributed by atoms with E-state index in [2.05, 4.69) is 17.3 Å². The van der Waals surface area contributed by atoms with Gasteiger partial charge in [0.15, 0.2) is 0 Å². The van der Waals surface area contributed by atoms with Crippen LogP contribution >= 0.6 is 0 Å². The Balaban J connectivity index is 2.70. The van der Waals surface area contributed by atoms with Crippen LogP contribution in [0.4, 0.5) is 11.5 Å². The number of nitrogen functional groups attached to an aromatic ring is 1. The van der Waals surface area contributed by atoms with Crippen molar-refractivity contribution < 1.29 is 4.92 Å². The summed E-state index contributed by atoms with van der Waals surface area (Å²) in [5, 5.41) is 11.7. The molecule has 0 amide bonds. The lowest BCUT2D eigenvalue weighted by molar-refractivity contribution is -0.384. The lowest BCUT2D eigenvalue weighted by Gasteiger charge is -2.10. The lowest BCUT2D eigenvalue weighted by Crippen LogP contribution is -2.11. The summed E-state index contributed by atoms with van der Waals surface area (Å²) in [6.07, 6.45) is 1.78. The third-order valence-corrected chi connectivity index (χ3v) is 3.04. The van der Waals surface area contributed by atoms with Gasteiger partial charge in [-0.05, 0) is 30.5 Å². The molecule has 0 radical (unpaired) electrons. The monoisotopic (exact) mass is 260 g/mol. The maximum Gasteiger partial charge on any atom is 0.270 e. The van der Waals surface area contributed by atoms with E-state index in [1.807, 2.05) is 13.0 Å². The van der Waals surface area contributed by atoms with Crippen molar-refractivity contribution in [2.75, 3.05) is 5.43 Å². The number of nitrogens with two attached hydrogens (primary N) is 1. The quantitative estimate of drug-likeness (QED) is 0.500. The molecule has 2 aromatic rings. The van der Waals surface area contributed by atoms with Crippen molar-refractivity contribution in [1.82, 2.24) is 4.98 Å². The zero-order valence-corrected chi connectivity index (χ0v) is 10.9. The number of rotatable bonds is 4. The average Bonchev–Trinajstić information content (AvgIpc) is 2.38. The molecule has 0 fully saturated rings. The van der Waals surface area contributed by atoms with E-state index in [1.54, 1.807) is 6.07 Å². The van der Waals surface area contributed by atoms with Crippen molar-refractivity contribution in [2.24, 2.45) is 5.84 Å². The zero-order valence-electron chi connectivity index (χ0n) is 10.9. The molecule has 0 atom stereocenters. The van der Waals surface area contributed by atoms with Crippen molar-refractivity contribution in [2.45, 2.75) is 26.7 Å². The Hall–Kier alpha value is -2.21. The molecule has 6 heteroatoms. The molecule has 2 rings (SSSR count).